The summed E-state index contributed by atoms with van der Waals surface area (Å²) in [6.45, 7) is 3.00. The molecule has 5 rings (SSSR count). The minimum absolute atomic E-state index is 0.0226. The van der Waals surface area contributed by atoms with Crippen molar-refractivity contribution < 1.29 is 17.6 Å². The molecule has 1 N–H and O–H groups in total. The van der Waals surface area contributed by atoms with Crippen molar-refractivity contribution in [3.63, 3.8) is 0 Å². The van der Waals surface area contributed by atoms with Gasteiger partial charge in [0.15, 0.2) is 0 Å². The molecule has 180 valence electrons. The summed E-state index contributed by atoms with van der Waals surface area (Å²) in [5.74, 6) is 1.45. The topological polar surface area (TPSA) is 95.8 Å². The van der Waals surface area contributed by atoms with Crippen LogP contribution in [0.1, 0.15) is 37.9 Å². The zero-order chi connectivity index (χ0) is 23.5. The van der Waals surface area contributed by atoms with Crippen LogP contribution in [0, 0.1) is 5.92 Å². The van der Waals surface area contributed by atoms with Gasteiger partial charge in [0.1, 0.15) is 11.6 Å². The number of nitrogens with zero attached hydrogens (tertiary/aromatic N) is 3. The summed E-state index contributed by atoms with van der Waals surface area (Å²) in [6.07, 6.45) is 6.25. The Labute approximate surface area is 200 Å². The van der Waals surface area contributed by atoms with Gasteiger partial charge in [-0.05, 0) is 68.1 Å². The van der Waals surface area contributed by atoms with Gasteiger partial charge in [-0.1, -0.05) is 6.42 Å². The highest BCUT2D eigenvalue weighted by atomic mass is 32.2. The smallest absolute Gasteiger partial charge is 0.243 e. The molecule has 1 aromatic carbocycles. The van der Waals surface area contributed by atoms with Crippen LogP contribution in [0.2, 0.25) is 0 Å². The van der Waals surface area contributed by atoms with Crippen LogP contribution in [0.25, 0.3) is 10.9 Å². The summed E-state index contributed by atoms with van der Waals surface area (Å²) >= 11 is 0. The maximum atomic E-state index is 13.0. The predicted octanol–water partition coefficient (Wildman–Crippen LogP) is 3.54. The Bertz CT molecular complexity index is 1250. The maximum absolute atomic E-state index is 13.0. The number of hydrogen-bond donors (Lipinski definition) is 1. The molecule has 1 amide bonds. The molecule has 2 aliphatic rings. The fraction of sp³-hybridized carbons (Fsp3) is 0.440. The first-order valence-corrected chi connectivity index (χ1v) is 13.4. The number of pyridine rings is 1. The van der Waals surface area contributed by atoms with Gasteiger partial charge in [-0.3, -0.25) is 4.79 Å². The van der Waals surface area contributed by atoms with Crippen LogP contribution in [0.15, 0.2) is 58.0 Å². The van der Waals surface area contributed by atoms with Crippen molar-refractivity contribution in [1.29, 1.82) is 0 Å². The van der Waals surface area contributed by atoms with Crippen LogP contribution in [-0.4, -0.2) is 49.8 Å². The zero-order valence-electron chi connectivity index (χ0n) is 19.2. The van der Waals surface area contributed by atoms with Crippen molar-refractivity contribution >= 4 is 32.7 Å². The average molecular weight is 483 g/mol. The molecule has 8 nitrogen and oxygen atoms in total. The van der Waals surface area contributed by atoms with Crippen LogP contribution in [0.4, 0.5) is 5.82 Å². The van der Waals surface area contributed by atoms with E-state index in [2.05, 4.69) is 10.2 Å². The molecular weight excluding hydrogens is 452 g/mol. The Kier molecular flexibility index (Phi) is 6.56. The lowest BCUT2D eigenvalue weighted by Gasteiger charge is -2.33. The second-order valence-corrected chi connectivity index (χ2v) is 11.0. The number of furan rings is 1. The third kappa shape index (κ3) is 4.81. The number of hydrogen-bond acceptors (Lipinski definition) is 6. The van der Waals surface area contributed by atoms with Crippen LogP contribution in [0.5, 0.6) is 0 Å². The first-order chi connectivity index (χ1) is 16.5. The van der Waals surface area contributed by atoms with Crippen LogP contribution in [-0.2, 0) is 21.4 Å². The number of fused-ring (bicyclic) bond motifs is 1. The van der Waals surface area contributed by atoms with Crippen LogP contribution >= 0.6 is 0 Å². The number of nitrogens with one attached hydrogen (secondary N) is 1. The van der Waals surface area contributed by atoms with E-state index in [-0.39, 0.29) is 11.8 Å². The average Bonchev–Trinajstić information content (AvgIpc) is 3.41. The summed E-state index contributed by atoms with van der Waals surface area (Å²) in [7, 11) is -3.48. The molecule has 0 radical (unpaired) electrons. The quantitative estimate of drug-likeness (QED) is 0.577. The summed E-state index contributed by atoms with van der Waals surface area (Å²) in [5.41, 5.74) is 0.750. The molecular formula is C25H30N4O4S. The lowest BCUT2D eigenvalue weighted by atomic mass is 9.97. The predicted molar refractivity (Wildman–Crippen MR) is 130 cm³/mol. The van der Waals surface area contributed by atoms with Gasteiger partial charge in [-0.15, -0.1) is 0 Å². The lowest BCUT2D eigenvalue weighted by molar-refractivity contribution is -0.125. The van der Waals surface area contributed by atoms with Crippen LogP contribution < -0.4 is 10.2 Å². The molecule has 0 bridgehead atoms. The maximum Gasteiger partial charge on any atom is 0.243 e. The van der Waals surface area contributed by atoms with Gasteiger partial charge in [0.05, 0.1) is 29.1 Å². The highest BCUT2D eigenvalue weighted by Gasteiger charge is 2.28. The molecule has 4 heterocycles. The molecule has 2 fully saturated rings. The second kappa shape index (κ2) is 9.76. The van der Waals surface area contributed by atoms with Crippen molar-refractivity contribution in [1.82, 2.24) is 14.6 Å². The number of rotatable bonds is 6. The third-order valence-electron chi connectivity index (χ3n) is 6.73. The third-order valence-corrected chi connectivity index (χ3v) is 8.63. The SMILES string of the molecule is O=C(NCc1ccco1)C1CCCN(c2ccc3cc(S(=O)(=O)N4CCCCC4)ccc3n2)C1. The van der Waals surface area contributed by atoms with E-state index in [9.17, 15) is 13.2 Å². The van der Waals surface area contributed by atoms with Gasteiger partial charge >= 0.3 is 0 Å². The van der Waals surface area contributed by atoms with Gasteiger partial charge in [-0.2, -0.15) is 4.31 Å². The van der Waals surface area contributed by atoms with Gasteiger partial charge < -0.3 is 14.6 Å². The van der Waals surface area contributed by atoms with E-state index < -0.39 is 10.0 Å². The van der Waals surface area contributed by atoms with E-state index in [1.807, 2.05) is 18.2 Å². The number of carbonyl (C=O) groups excluding carboxylic acids is 1. The molecule has 0 aliphatic carbocycles. The number of sulfonamides is 1. The number of carbonyl (C=O) groups is 1. The van der Waals surface area contributed by atoms with Gasteiger partial charge in [0, 0.05) is 31.6 Å². The normalized spacial score (nSPS) is 19.9. The molecule has 0 spiro atoms. The van der Waals surface area contributed by atoms with E-state index in [4.69, 9.17) is 9.40 Å². The summed E-state index contributed by atoms with van der Waals surface area (Å²) < 4.78 is 32.9. The number of amides is 1. The number of aromatic nitrogens is 1. The van der Waals surface area contributed by atoms with E-state index in [0.717, 1.165) is 61.1 Å². The van der Waals surface area contributed by atoms with Gasteiger partial charge in [0.25, 0.3) is 0 Å². The zero-order valence-corrected chi connectivity index (χ0v) is 20.0. The fourth-order valence-electron chi connectivity index (χ4n) is 4.81. The molecule has 2 aliphatic heterocycles. The fourth-order valence-corrected chi connectivity index (χ4v) is 6.37. The number of anilines is 1. The molecule has 9 heteroatoms. The lowest BCUT2D eigenvalue weighted by Crippen LogP contribution is -2.43. The van der Waals surface area contributed by atoms with Crippen molar-refractivity contribution in [2.24, 2.45) is 5.92 Å². The van der Waals surface area contributed by atoms with Crippen molar-refractivity contribution in [3.05, 3.63) is 54.5 Å². The van der Waals surface area contributed by atoms with Crippen LogP contribution in [0.3, 0.4) is 0 Å². The minimum Gasteiger partial charge on any atom is -0.467 e. The van der Waals surface area contributed by atoms with E-state index in [0.29, 0.717) is 31.1 Å². The van der Waals surface area contributed by atoms with Gasteiger partial charge in [-0.25, -0.2) is 13.4 Å². The molecule has 34 heavy (non-hydrogen) atoms. The summed E-state index contributed by atoms with van der Waals surface area (Å²) in [6, 6.07) is 12.7. The molecule has 3 aromatic rings. The number of piperidine rings is 2. The van der Waals surface area contributed by atoms with E-state index >= 15 is 0 Å². The Morgan fingerprint density at radius 3 is 2.71 bits per heavy atom. The largest absolute Gasteiger partial charge is 0.467 e. The first kappa shape index (κ1) is 22.9. The van der Waals surface area contributed by atoms with E-state index in [1.165, 1.54) is 0 Å². The van der Waals surface area contributed by atoms with Crippen molar-refractivity contribution in [3.8, 4) is 0 Å². The Balaban J connectivity index is 1.29. The highest BCUT2D eigenvalue weighted by molar-refractivity contribution is 7.89. The molecule has 2 aromatic heterocycles. The van der Waals surface area contributed by atoms with Gasteiger partial charge in [0.2, 0.25) is 15.9 Å². The first-order valence-electron chi connectivity index (χ1n) is 12.0. The highest BCUT2D eigenvalue weighted by Crippen LogP contribution is 2.27. The molecule has 1 atom stereocenters. The molecule has 1 unspecified atom stereocenters. The summed E-state index contributed by atoms with van der Waals surface area (Å²) in [5, 5.41) is 3.76. The monoisotopic (exact) mass is 482 g/mol. The molecule has 0 saturated carbocycles. The Hall–Kier alpha value is -2.91. The van der Waals surface area contributed by atoms with E-state index in [1.54, 1.807) is 34.8 Å². The summed E-state index contributed by atoms with van der Waals surface area (Å²) in [4.78, 5) is 19.9. The minimum atomic E-state index is -3.48. The second-order valence-electron chi connectivity index (χ2n) is 9.07. The molecule has 2 saturated heterocycles. The van der Waals surface area contributed by atoms with Crippen molar-refractivity contribution in [2.45, 2.75) is 43.5 Å². The Morgan fingerprint density at radius 2 is 1.91 bits per heavy atom. The Morgan fingerprint density at radius 1 is 1.06 bits per heavy atom. The number of benzene rings is 1. The van der Waals surface area contributed by atoms with Crippen molar-refractivity contribution in [2.75, 3.05) is 31.1 Å². The standard InChI is InChI=1S/C25H30N4O4S/c30-25(26-17-21-7-5-15-33-21)20-6-4-12-28(18-20)24-11-8-19-16-22(9-10-23(19)27-24)34(31,32)29-13-2-1-3-14-29/h5,7-11,15-16,20H,1-4,6,12-14,17-18H2,(H,26,30).